The number of piperidine rings is 1. The van der Waals surface area contributed by atoms with Crippen molar-refractivity contribution >= 4 is 11.6 Å². The van der Waals surface area contributed by atoms with Crippen LogP contribution in [0, 0.1) is 11.3 Å². The topological polar surface area (TPSA) is 44.1 Å². The first-order valence-electron chi connectivity index (χ1n) is 5.85. The number of anilines is 1. The number of hydrogen-bond donors (Lipinski definition) is 0. The van der Waals surface area contributed by atoms with Gasteiger partial charge in [-0.3, -0.25) is 4.79 Å². The molecule has 2 rings (SSSR count). The first kappa shape index (κ1) is 13.4. The Hall–Kier alpha value is -2.03. The summed E-state index contributed by atoms with van der Waals surface area (Å²) >= 11 is 0. The number of benzene rings is 1. The summed E-state index contributed by atoms with van der Waals surface area (Å²) in [6, 6.07) is 4.89. The van der Waals surface area contributed by atoms with Crippen LogP contribution in [-0.2, 0) is 11.0 Å². The van der Waals surface area contributed by atoms with Gasteiger partial charge in [-0.25, -0.2) is 0 Å². The molecule has 0 radical (unpaired) electrons. The Labute approximate surface area is 108 Å². The quantitative estimate of drug-likeness (QED) is 0.785. The second kappa shape index (κ2) is 4.92. The molecule has 6 heteroatoms. The molecule has 0 spiro atoms. The van der Waals surface area contributed by atoms with E-state index in [2.05, 4.69) is 0 Å². The van der Waals surface area contributed by atoms with Gasteiger partial charge >= 0.3 is 6.18 Å². The normalized spacial score (nSPS) is 16.3. The lowest BCUT2D eigenvalue weighted by molar-refractivity contribution is -0.137. The maximum Gasteiger partial charge on any atom is 0.417 e. The lowest BCUT2D eigenvalue weighted by Gasteiger charge is -2.27. The average Bonchev–Trinajstić information content (AvgIpc) is 2.37. The highest BCUT2D eigenvalue weighted by atomic mass is 19.4. The van der Waals surface area contributed by atoms with Crippen molar-refractivity contribution in [2.24, 2.45) is 0 Å². The minimum atomic E-state index is -4.60. The first-order valence-corrected chi connectivity index (χ1v) is 5.85. The Kier molecular flexibility index (Phi) is 3.47. The monoisotopic (exact) mass is 268 g/mol. The third kappa shape index (κ3) is 2.70. The van der Waals surface area contributed by atoms with Gasteiger partial charge in [-0.15, -0.1) is 0 Å². The van der Waals surface area contributed by atoms with Crippen LogP contribution in [-0.4, -0.2) is 12.5 Å². The van der Waals surface area contributed by atoms with Crippen LogP contribution in [0.1, 0.15) is 30.4 Å². The van der Waals surface area contributed by atoms with E-state index in [-0.39, 0.29) is 11.6 Å². The van der Waals surface area contributed by atoms with Crippen LogP contribution in [0.3, 0.4) is 0 Å². The van der Waals surface area contributed by atoms with Crippen LogP contribution in [0.2, 0.25) is 0 Å². The molecular formula is C13H11F3N2O. The lowest BCUT2D eigenvalue weighted by atomic mass is 10.0. The lowest BCUT2D eigenvalue weighted by Crippen LogP contribution is -2.35. The van der Waals surface area contributed by atoms with E-state index in [1.54, 1.807) is 0 Å². The van der Waals surface area contributed by atoms with Crippen LogP contribution in [0.15, 0.2) is 18.2 Å². The van der Waals surface area contributed by atoms with Crippen LogP contribution in [0.25, 0.3) is 0 Å². The van der Waals surface area contributed by atoms with E-state index < -0.39 is 17.3 Å². The zero-order valence-electron chi connectivity index (χ0n) is 10.00. The molecule has 0 unspecified atom stereocenters. The fourth-order valence-electron chi connectivity index (χ4n) is 2.11. The SMILES string of the molecule is N#Cc1ccc(N2CCCCC2=O)cc1C(F)(F)F. The van der Waals surface area contributed by atoms with Gasteiger partial charge in [0.05, 0.1) is 17.2 Å². The zero-order valence-corrected chi connectivity index (χ0v) is 10.00. The fraction of sp³-hybridized carbons (Fsp3) is 0.385. The second-order valence-corrected chi connectivity index (χ2v) is 4.34. The van der Waals surface area contributed by atoms with E-state index in [0.29, 0.717) is 13.0 Å². The Morgan fingerprint density at radius 3 is 2.58 bits per heavy atom. The van der Waals surface area contributed by atoms with Gasteiger partial charge in [0, 0.05) is 18.7 Å². The molecule has 1 aromatic rings. The Bertz CT molecular complexity index is 546. The van der Waals surface area contributed by atoms with Crippen molar-refractivity contribution in [3.8, 4) is 6.07 Å². The van der Waals surface area contributed by atoms with Gasteiger partial charge in [0.25, 0.3) is 0 Å². The summed E-state index contributed by atoms with van der Waals surface area (Å²) in [4.78, 5) is 13.0. The number of hydrogen-bond acceptors (Lipinski definition) is 2. The van der Waals surface area contributed by atoms with Gasteiger partial charge in [0.2, 0.25) is 5.91 Å². The van der Waals surface area contributed by atoms with Crippen molar-refractivity contribution in [3.05, 3.63) is 29.3 Å². The van der Waals surface area contributed by atoms with E-state index in [9.17, 15) is 18.0 Å². The van der Waals surface area contributed by atoms with Crippen LogP contribution in [0.4, 0.5) is 18.9 Å². The summed E-state index contributed by atoms with van der Waals surface area (Å²) in [6.45, 7) is 0.419. The van der Waals surface area contributed by atoms with Crippen molar-refractivity contribution in [1.82, 2.24) is 0 Å². The molecule has 1 fully saturated rings. The van der Waals surface area contributed by atoms with Crippen molar-refractivity contribution in [3.63, 3.8) is 0 Å². The first-order chi connectivity index (χ1) is 8.93. The minimum Gasteiger partial charge on any atom is -0.312 e. The van der Waals surface area contributed by atoms with Gasteiger partial charge in [-0.2, -0.15) is 18.4 Å². The smallest absolute Gasteiger partial charge is 0.312 e. The Morgan fingerprint density at radius 2 is 2.00 bits per heavy atom. The molecule has 0 bridgehead atoms. The number of rotatable bonds is 1. The minimum absolute atomic E-state index is 0.177. The predicted octanol–water partition coefficient (Wildman–Crippen LogP) is 3.09. The molecule has 1 aliphatic rings. The van der Waals surface area contributed by atoms with E-state index in [1.165, 1.54) is 17.0 Å². The molecule has 0 N–H and O–H groups in total. The molecule has 0 saturated carbocycles. The molecule has 1 saturated heterocycles. The maximum absolute atomic E-state index is 12.8. The summed E-state index contributed by atoms with van der Waals surface area (Å²) in [6.07, 6.45) is -2.72. The molecule has 1 aliphatic heterocycles. The number of nitrogens with zero attached hydrogens (tertiary/aromatic N) is 2. The molecule has 1 heterocycles. The highest BCUT2D eigenvalue weighted by Gasteiger charge is 2.34. The van der Waals surface area contributed by atoms with Gasteiger partial charge in [0.15, 0.2) is 0 Å². The molecule has 0 aromatic heterocycles. The van der Waals surface area contributed by atoms with Crippen molar-refractivity contribution in [1.29, 1.82) is 5.26 Å². The molecular weight excluding hydrogens is 257 g/mol. The van der Waals surface area contributed by atoms with E-state index in [0.717, 1.165) is 25.0 Å². The molecule has 100 valence electrons. The average molecular weight is 268 g/mol. The van der Waals surface area contributed by atoms with Gasteiger partial charge in [-0.1, -0.05) is 0 Å². The van der Waals surface area contributed by atoms with Crippen molar-refractivity contribution in [2.75, 3.05) is 11.4 Å². The summed E-state index contributed by atoms with van der Waals surface area (Å²) in [5.74, 6) is -0.177. The zero-order chi connectivity index (χ0) is 14.0. The van der Waals surface area contributed by atoms with E-state index in [1.807, 2.05) is 0 Å². The van der Waals surface area contributed by atoms with Crippen LogP contribution < -0.4 is 4.90 Å². The molecule has 1 aromatic carbocycles. The van der Waals surface area contributed by atoms with Crippen LogP contribution in [0.5, 0.6) is 0 Å². The number of alkyl halides is 3. The highest BCUT2D eigenvalue weighted by Crippen LogP contribution is 2.35. The van der Waals surface area contributed by atoms with Crippen molar-refractivity contribution < 1.29 is 18.0 Å². The second-order valence-electron chi connectivity index (χ2n) is 4.34. The van der Waals surface area contributed by atoms with Crippen LogP contribution >= 0.6 is 0 Å². The Balaban J connectivity index is 2.43. The molecule has 19 heavy (non-hydrogen) atoms. The summed E-state index contributed by atoms with van der Waals surface area (Å²) in [5.41, 5.74) is -1.22. The molecule has 0 atom stereocenters. The predicted molar refractivity (Wildman–Crippen MR) is 62.4 cm³/mol. The standard InChI is InChI=1S/C13H11F3N2O/c14-13(15,16)11-7-10(5-4-9(11)8-17)18-6-2-1-3-12(18)19/h4-5,7H,1-3,6H2. The number of halogens is 3. The molecule has 0 aliphatic carbocycles. The number of amides is 1. The fourth-order valence-corrected chi connectivity index (χ4v) is 2.11. The third-order valence-electron chi connectivity index (χ3n) is 3.06. The largest absolute Gasteiger partial charge is 0.417 e. The van der Waals surface area contributed by atoms with Gasteiger partial charge < -0.3 is 4.90 Å². The summed E-state index contributed by atoms with van der Waals surface area (Å²) in [5, 5.41) is 8.70. The highest BCUT2D eigenvalue weighted by molar-refractivity contribution is 5.94. The van der Waals surface area contributed by atoms with Gasteiger partial charge in [0.1, 0.15) is 0 Å². The van der Waals surface area contributed by atoms with E-state index >= 15 is 0 Å². The van der Waals surface area contributed by atoms with Crippen molar-refractivity contribution in [2.45, 2.75) is 25.4 Å². The summed E-state index contributed by atoms with van der Waals surface area (Å²) < 4.78 is 38.5. The van der Waals surface area contributed by atoms with E-state index in [4.69, 9.17) is 5.26 Å². The molecule has 3 nitrogen and oxygen atoms in total. The van der Waals surface area contributed by atoms with Gasteiger partial charge in [-0.05, 0) is 31.0 Å². The summed E-state index contributed by atoms with van der Waals surface area (Å²) in [7, 11) is 0. The number of nitriles is 1. The number of carbonyl (C=O) groups excluding carboxylic acids is 1. The number of carbonyl (C=O) groups is 1. The maximum atomic E-state index is 12.8. The molecule has 1 amide bonds. The third-order valence-corrected chi connectivity index (χ3v) is 3.06. The Morgan fingerprint density at radius 1 is 1.26 bits per heavy atom.